The van der Waals surface area contributed by atoms with E-state index in [1.54, 1.807) is 14.2 Å². The predicted molar refractivity (Wildman–Crippen MR) is 112 cm³/mol. The number of urea groups is 1. The number of carbonyl (C=O) groups excluding carboxylic acids is 1. The van der Waals surface area contributed by atoms with Crippen molar-refractivity contribution in [3.63, 3.8) is 0 Å². The third kappa shape index (κ3) is 5.11. The van der Waals surface area contributed by atoms with Gasteiger partial charge in [-0.2, -0.15) is 5.26 Å². The Bertz CT molecular complexity index is 869. The van der Waals surface area contributed by atoms with Gasteiger partial charge in [-0.3, -0.25) is 0 Å². The smallest absolute Gasteiger partial charge is 0.317 e. The van der Waals surface area contributed by atoms with Crippen LogP contribution in [0, 0.1) is 11.3 Å². The van der Waals surface area contributed by atoms with Gasteiger partial charge in [-0.1, -0.05) is 6.07 Å². The Morgan fingerprint density at radius 1 is 1.03 bits per heavy atom. The highest BCUT2D eigenvalue weighted by molar-refractivity contribution is 5.74. The lowest BCUT2D eigenvalue weighted by atomic mass is 10.1. The number of carbonyl (C=O) groups is 1. The summed E-state index contributed by atoms with van der Waals surface area (Å²) in [6.07, 6.45) is 0.720. The second-order valence-electron chi connectivity index (χ2n) is 6.80. The Balaban J connectivity index is 1.44. The van der Waals surface area contributed by atoms with Crippen LogP contribution in [0.4, 0.5) is 10.5 Å². The number of methoxy groups -OCH3 is 2. The first-order valence-electron chi connectivity index (χ1n) is 9.63. The van der Waals surface area contributed by atoms with E-state index in [0.29, 0.717) is 36.7 Å². The molecule has 3 rings (SSSR count). The maximum absolute atomic E-state index is 12.5. The Kier molecular flexibility index (Phi) is 6.80. The fourth-order valence-electron chi connectivity index (χ4n) is 3.38. The minimum Gasteiger partial charge on any atom is -0.493 e. The summed E-state index contributed by atoms with van der Waals surface area (Å²) in [6, 6.07) is 15.4. The molecule has 2 aromatic carbocycles. The fraction of sp³-hybridized carbons (Fsp3) is 0.364. The van der Waals surface area contributed by atoms with Gasteiger partial charge in [0.25, 0.3) is 0 Å². The highest BCUT2D eigenvalue weighted by atomic mass is 16.5. The number of anilines is 1. The van der Waals surface area contributed by atoms with Gasteiger partial charge < -0.3 is 24.6 Å². The molecular formula is C22H26N4O3. The van der Waals surface area contributed by atoms with E-state index in [4.69, 9.17) is 14.7 Å². The van der Waals surface area contributed by atoms with Gasteiger partial charge in [0.05, 0.1) is 25.9 Å². The van der Waals surface area contributed by atoms with Crippen LogP contribution in [0.5, 0.6) is 11.5 Å². The lowest BCUT2D eigenvalue weighted by Gasteiger charge is -2.36. The summed E-state index contributed by atoms with van der Waals surface area (Å²) >= 11 is 0. The quantitative estimate of drug-likeness (QED) is 0.815. The van der Waals surface area contributed by atoms with E-state index in [9.17, 15) is 4.79 Å². The first-order chi connectivity index (χ1) is 14.1. The van der Waals surface area contributed by atoms with Crippen molar-refractivity contribution >= 4 is 11.7 Å². The van der Waals surface area contributed by atoms with Gasteiger partial charge in [0.1, 0.15) is 0 Å². The molecule has 0 aromatic heterocycles. The summed E-state index contributed by atoms with van der Waals surface area (Å²) in [5.41, 5.74) is 2.81. The molecule has 1 aliphatic heterocycles. The van der Waals surface area contributed by atoms with Crippen LogP contribution in [0.1, 0.15) is 11.1 Å². The minimum atomic E-state index is -0.0371. The molecule has 0 aliphatic carbocycles. The zero-order valence-corrected chi connectivity index (χ0v) is 16.9. The van der Waals surface area contributed by atoms with Crippen LogP contribution in [0.2, 0.25) is 0 Å². The van der Waals surface area contributed by atoms with Gasteiger partial charge >= 0.3 is 6.03 Å². The lowest BCUT2D eigenvalue weighted by molar-refractivity contribution is 0.194. The maximum atomic E-state index is 12.5. The number of nitriles is 1. The molecule has 0 saturated carbocycles. The monoisotopic (exact) mass is 394 g/mol. The second-order valence-corrected chi connectivity index (χ2v) is 6.80. The van der Waals surface area contributed by atoms with Crippen LogP contribution in [0.15, 0.2) is 42.5 Å². The lowest BCUT2D eigenvalue weighted by Crippen LogP contribution is -2.52. The standard InChI is InChI=1S/C22H26N4O3/c1-28-20-8-5-17(15-21(20)29-2)9-10-24-22(27)26-13-11-25(12-14-26)19-6-3-18(16-23)4-7-19/h3-8,15H,9-14H2,1-2H3,(H,24,27). The molecule has 29 heavy (non-hydrogen) atoms. The normalized spacial score (nSPS) is 13.6. The van der Waals surface area contributed by atoms with Crippen molar-refractivity contribution in [3.05, 3.63) is 53.6 Å². The number of benzene rings is 2. The molecule has 1 aliphatic rings. The largest absolute Gasteiger partial charge is 0.493 e. The molecule has 1 saturated heterocycles. The topological polar surface area (TPSA) is 77.8 Å². The van der Waals surface area contributed by atoms with Gasteiger partial charge in [0, 0.05) is 38.4 Å². The molecule has 0 spiro atoms. The van der Waals surface area contributed by atoms with Crippen LogP contribution in [0.3, 0.4) is 0 Å². The van der Waals surface area contributed by atoms with Gasteiger partial charge in [-0.15, -0.1) is 0 Å². The molecule has 2 amide bonds. The molecule has 152 valence electrons. The SMILES string of the molecule is COc1ccc(CCNC(=O)N2CCN(c3ccc(C#N)cc3)CC2)cc1OC. The third-order valence-corrected chi connectivity index (χ3v) is 5.07. The van der Waals surface area contributed by atoms with E-state index < -0.39 is 0 Å². The van der Waals surface area contributed by atoms with Gasteiger partial charge in [-0.25, -0.2) is 4.79 Å². The maximum Gasteiger partial charge on any atom is 0.317 e. The molecule has 1 fully saturated rings. The predicted octanol–water partition coefficient (Wildman–Crippen LogP) is 2.65. The molecule has 7 nitrogen and oxygen atoms in total. The zero-order valence-electron chi connectivity index (χ0n) is 16.9. The molecule has 0 bridgehead atoms. The van der Waals surface area contributed by atoms with Gasteiger partial charge in [0.2, 0.25) is 0 Å². The Hall–Kier alpha value is -3.40. The van der Waals surface area contributed by atoms with Crippen molar-refractivity contribution in [2.75, 3.05) is 51.8 Å². The third-order valence-electron chi connectivity index (χ3n) is 5.07. The molecule has 0 unspecified atom stereocenters. The van der Waals surface area contributed by atoms with E-state index >= 15 is 0 Å². The summed E-state index contributed by atoms with van der Waals surface area (Å²) < 4.78 is 10.6. The van der Waals surface area contributed by atoms with E-state index in [0.717, 1.165) is 30.8 Å². The zero-order chi connectivity index (χ0) is 20.6. The number of nitrogens with zero attached hydrogens (tertiary/aromatic N) is 3. The Morgan fingerprint density at radius 2 is 1.72 bits per heavy atom. The summed E-state index contributed by atoms with van der Waals surface area (Å²) in [5.74, 6) is 1.38. The highest BCUT2D eigenvalue weighted by Gasteiger charge is 2.21. The molecule has 2 aromatic rings. The van der Waals surface area contributed by atoms with E-state index in [-0.39, 0.29) is 6.03 Å². The van der Waals surface area contributed by atoms with Crippen LogP contribution < -0.4 is 19.7 Å². The minimum absolute atomic E-state index is 0.0371. The highest BCUT2D eigenvalue weighted by Crippen LogP contribution is 2.27. The summed E-state index contributed by atoms with van der Waals surface area (Å²) in [4.78, 5) is 16.5. The molecule has 1 heterocycles. The van der Waals surface area contributed by atoms with Crippen molar-refractivity contribution in [2.45, 2.75) is 6.42 Å². The average Bonchev–Trinajstić information content (AvgIpc) is 2.79. The van der Waals surface area contributed by atoms with Crippen LogP contribution >= 0.6 is 0 Å². The average molecular weight is 394 g/mol. The number of nitrogens with one attached hydrogen (secondary N) is 1. The van der Waals surface area contributed by atoms with Crippen molar-refractivity contribution in [1.29, 1.82) is 5.26 Å². The van der Waals surface area contributed by atoms with Crippen molar-refractivity contribution in [3.8, 4) is 17.6 Å². The molecular weight excluding hydrogens is 368 g/mol. The molecule has 1 N–H and O–H groups in total. The van der Waals surface area contributed by atoms with Crippen LogP contribution in [0.25, 0.3) is 0 Å². The molecule has 0 radical (unpaired) electrons. The Labute approximate surface area is 171 Å². The number of hydrogen-bond donors (Lipinski definition) is 1. The van der Waals surface area contributed by atoms with Gasteiger partial charge in [-0.05, 0) is 48.4 Å². The Morgan fingerprint density at radius 3 is 2.34 bits per heavy atom. The van der Waals surface area contributed by atoms with Crippen LogP contribution in [-0.2, 0) is 6.42 Å². The second kappa shape index (κ2) is 9.69. The van der Waals surface area contributed by atoms with Crippen LogP contribution in [-0.4, -0.2) is 57.9 Å². The van der Waals surface area contributed by atoms with Crippen molar-refractivity contribution < 1.29 is 14.3 Å². The number of hydrogen-bond acceptors (Lipinski definition) is 5. The number of ether oxygens (including phenoxy) is 2. The summed E-state index contributed by atoms with van der Waals surface area (Å²) in [5, 5.41) is 11.9. The van der Waals surface area contributed by atoms with E-state index in [2.05, 4.69) is 16.3 Å². The van der Waals surface area contributed by atoms with Gasteiger partial charge in [0.15, 0.2) is 11.5 Å². The number of rotatable bonds is 6. The fourth-order valence-corrected chi connectivity index (χ4v) is 3.38. The first-order valence-corrected chi connectivity index (χ1v) is 9.63. The number of piperazine rings is 1. The summed E-state index contributed by atoms with van der Waals surface area (Å²) in [6.45, 7) is 3.44. The van der Waals surface area contributed by atoms with E-state index in [1.165, 1.54) is 0 Å². The molecule has 0 atom stereocenters. The van der Waals surface area contributed by atoms with E-state index in [1.807, 2.05) is 47.4 Å². The van der Waals surface area contributed by atoms with Crippen molar-refractivity contribution in [1.82, 2.24) is 10.2 Å². The molecule has 7 heteroatoms. The first kappa shape index (κ1) is 20.3. The number of amides is 2. The van der Waals surface area contributed by atoms with Crippen molar-refractivity contribution in [2.24, 2.45) is 0 Å². The summed E-state index contributed by atoms with van der Waals surface area (Å²) in [7, 11) is 3.22.